The summed E-state index contributed by atoms with van der Waals surface area (Å²) in [5.41, 5.74) is -1.81. The maximum Gasteiger partial charge on any atom is 0.433 e. The average molecular weight is 316 g/mol. The van der Waals surface area contributed by atoms with Crippen molar-refractivity contribution in [3.8, 4) is 0 Å². The number of carbonyl (C=O) groups is 1. The van der Waals surface area contributed by atoms with Crippen LogP contribution in [0.3, 0.4) is 0 Å². The number of aryl methyl sites for hydroxylation is 1. The highest BCUT2D eigenvalue weighted by molar-refractivity contribution is 5.88. The molecule has 0 saturated carbocycles. The van der Waals surface area contributed by atoms with E-state index in [1.54, 1.807) is 7.05 Å². The van der Waals surface area contributed by atoms with Crippen LogP contribution in [-0.2, 0) is 31.2 Å². The molecule has 0 unspecified atom stereocenters. The Morgan fingerprint density at radius 1 is 1.36 bits per heavy atom. The van der Waals surface area contributed by atoms with Gasteiger partial charge in [0.15, 0.2) is 5.82 Å². The van der Waals surface area contributed by atoms with E-state index >= 15 is 0 Å². The van der Waals surface area contributed by atoms with E-state index in [2.05, 4.69) is 15.1 Å². The fraction of sp³-hybridized carbons (Fsp3) is 0.333. The first-order chi connectivity index (χ1) is 10.3. The third-order valence-electron chi connectivity index (χ3n) is 2.77. The highest BCUT2D eigenvalue weighted by Crippen LogP contribution is 2.28. The first-order valence-corrected chi connectivity index (χ1v) is 6.00. The Morgan fingerprint density at radius 2 is 2.09 bits per heavy atom. The lowest BCUT2D eigenvalue weighted by atomic mass is 10.1. The Bertz CT molecular complexity index is 684. The van der Waals surface area contributed by atoms with E-state index in [0.29, 0.717) is 11.9 Å². The van der Waals surface area contributed by atoms with Crippen molar-refractivity contribution in [1.82, 2.24) is 19.7 Å². The lowest BCUT2D eigenvalue weighted by Crippen LogP contribution is -2.14. The van der Waals surface area contributed by atoms with E-state index in [0.717, 1.165) is 6.07 Å². The second kappa shape index (κ2) is 6.10. The molecular formula is C12H11F3N4O3. The summed E-state index contributed by atoms with van der Waals surface area (Å²) < 4.78 is 44.5. The number of hydrogen-bond acceptors (Lipinski definition) is 5. The van der Waals surface area contributed by atoms with Crippen LogP contribution in [-0.4, -0.2) is 30.8 Å². The minimum Gasteiger partial charge on any atom is -0.478 e. The van der Waals surface area contributed by atoms with Crippen LogP contribution < -0.4 is 0 Å². The van der Waals surface area contributed by atoms with Crippen molar-refractivity contribution in [1.29, 1.82) is 0 Å². The second-order valence-corrected chi connectivity index (χ2v) is 4.29. The molecule has 0 fully saturated rings. The summed E-state index contributed by atoms with van der Waals surface area (Å²) in [5.74, 6) is -0.928. The number of pyridine rings is 1. The van der Waals surface area contributed by atoms with Gasteiger partial charge in [-0.3, -0.25) is 4.68 Å². The largest absolute Gasteiger partial charge is 0.478 e. The molecule has 0 aliphatic carbocycles. The third-order valence-corrected chi connectivity index (χ3v) is 2.77. The number of alkyl halides is 3. The van der Waals surface area contributed by atoms with Crippen LogP contribution >= 0.6 is 0 Å². The van der Waals surface area contributed by atoms with Crippen LogP contribution in [0.5, 0.6) is 0 Å². The van der Waals surface area contributed by atoms with Crippen molar-refractivity contribution in [2.75, 3.05) is 0 Å². The van der Waals surface area contributed by atoms with Crippen LogP contribution in [0.25, 0.3) is 0 Å². The summed E-state index contributed by atoms with van der Waals surface area (Å²) in [7, 11) is 1.62. The fourth-order valence-corrected chi connectivity index (χ4v) is 1.65. The summed E-state index contributed by atoms with van der Waals surface area (Å²) in [4.78, 5) is 18.2. The van der Waals surface area contributed by atoms with E-state index in [4.69, 9.17) is 9.84 Å². The molecule has 0 atom stereocenters. The number of nitrogens with zero attached hydrogens (tertiary/aromatic N) is 4. The Hall–Kier alpha value is -2.49. The predicted molar refractivity (Wildman–Crippen MR) is 65.7 cm³/mol. The number of ether oxygens (including phenoxy) is 1. The number of aromatic nitrogens is 4. The van der Waals surface area contributed by atoms with Gasteiger partial charge in [-0.15, -0.1) is 0 Å². The van der Waals surface area contributed by atoms with Crippen LogP contribution in [0.2, 0.25) is 0 Å². The Balaban J connectivity index is 2.17. The van der Waals surface area contributed by atoms with Crippen molar-refractivity contribution in [3.63, 3.8) is 0 Å². The summed E-state index contributed by atoms with van der Waals surface area (Å²) in [6, 6.07) is 1.48. The van der Waals surface area contributed by atoms with Crippen LogP contribution in [0.1, 0.15) is 27.6 Å². The van der Waals surface area contributed by atoms with Gasteiger partial charge in [-0.25, -0.2) is 14.8 Å². The molecule has 0 bridgehead atoms. The molecule has 118 valence electrons. The van der Waals surface area contributed by atoms with E-state index < -0.39 is 24.4 Å². The molecule has 22 heavy (non-hydrogen) atoms. The van der Waals surface area contributed by atoms with Gasteiger partial charge in [0.25, 0.3) is 0 Å². The van der Waals surface area contributed by atoms with Crippen LogP contribution in [0.4, 0.5) is 13.2 Å². The summed E-state index contributed by atoms with van der Waals surface area (Å²) >= 11 is 0. The Morgan fingerprint density at radius 3 is 2.64 bits per heavy atom. The number of rotatable bonds is 5. The molecule has 2 heterocycles. The lowest BCUT2D eigenvalue weighted by Gasteiger charge is -2.10. The SMILES string of the molecule is Cn1ncnc1COCc1nc(C(F)(F)F)ccc1C(=O)O. The topological polar surface area (TPSA) is 90.1 Å². The molecular weight excluding hydrogens is 305 g/mol. The van der Waals surface area contributed by atoms with E-state index in [1.807, 2.05) is 0 Å². The highest BCUT2D eigenvalue weighted by atomic mass is 19.4. The number of halogens is 3. The number of aromatic carboxylic acids is 1. The number of carboxylic acid groups (broad SMARTS) is 1. The third kappa shape index (κ3) is 3.58. The summed E-state index contributed by atoms with van der Waals surface area (Å²) in [6.45, 7) is -0.425. The van der Waals surface area contributed by atoms with E-state index in [1.165, 1.54) is 11.0 Å². The molecule has 2 aromatic rings. The Kier molecular flexibility index (Phi) is 4.40. The zero-order chi connectivity index (χ0) is 16.3. The predicted octanol–water partition coefficient (Wildman–Crippen LogP) is 1.64. The van der Waals surface area contributed by atoms with Gasteiger partial charge in [0.05, 0.1) is 17.9 Å². The second-order valence-electron chi connectivity index (χ2n) is 4.29. The summed E-state index contributed by atoms with van der Waals surface area (Å²) in [6.07, 6.45) is -3.36. The first-order valence-electron chi connectivity index (χ1n) is 6.00. The summed E-state index contributed by atoms with van der Waals surface area (Å²) in [5, 5.41) is 12.8. The molecule has 0 aliphatic heterocycles. The zero-order valence-corrected chi connectivity index (χ0v) is 11.3. The maximum absolute atomic E-state index is 12.6. The molecule has 7 nitrogen and oxygen atoms in total. The van der Waals surface area contributed by atoms with Crippen molar-refractivity contribution in [2.45, 2.75) is 19.4 Å². The molecule has 1 N–H and O–H groups in total. The zero-order valence-electron chi connectivity index (χ0n) is 11.3. The van der Waals surface area contributed by atoms with Crippen molar-refractivity contribution in [2.24, 2.45) is 7.05 Å². The van der Waals surface area contributed by atoms with Gasteiger partial charge in [-0.2, -0.15) is 18.3 Å². The molecule has 2 aromatic heterocycles. The first kappa shape index (κ1) is 15.9. The maximum atomic E-state index is 12.6. The molecule has 0 aromatic carbocycles. The van der Waals surface area contributed by atoms with Gasteiger partial charge in [-0.1, -0.05) is 0 Å². The average Bonchev–Trinajstić information content (AvgIpc) is 2.83. The van der Waals surface area contributed by atoms with Crippen molar-refractivity contribution < 1.29 is 27.8 Å². The molecule has 0 aliphatic rings. The van der Waals surface area contributed by atoms with Gasteiger partial charge in [-0.05, 0) is 12.1 Å². The smallest absolute Gasteiger partial charge is 0.433 e. The highest BCUT2D eigenvalue weighted by Gasteiger charge is 2.33. The monoisotopic (exact) mass is 316 g/mol. The normalized spacial score (nSPS) is 11.6. The van der Waals surface area contributed by atoms with E-state index in [-0.39, 0.29) is 17.9 Å². The quantitative estimate of drug-likeness (QED) is 0.902. The van der Waals surface area contributed by atoms with Crippen molar-refractivity contribution in [3.05, 3.63) is 41.2 Å². The fourth-order valence-electron chi connectivity index (χ4n) is 1.65. The standard InChI is InChI=1S/C12H11F3N4O3/c1-19-10(16-6-17-19)5-22-4-8-7(11(20)21)2-3-9(18-8)12(13,14)15/h2-3,6H,4-5H2,1H3,(H,20,21). The number of carboxylic acids is 1. The van der Waals surface area contributed by atoms with Crippen molar-refractivity contribution >= 4 is 5.97 Å². The minimum atomic E-state index is -4.66. The molecule has 0 amide bonds. The van der Waals surface area contributed by atoms with Gasteiger partial charge in [0.1, 0.15) is 18.6 Å². The van der Waals surface area contributed by atoms with Crippen LogP contribution in [0.15, 0.2) is 18.5 Å². The van der Waals surface area contributed by atoms with Gasteiger partial charge in [0.2, 0.25) is 0 Å². The van der Waals surface area contributed by atoms with Gasteiger partial charge >= 0.3 is 12.1 Å². The molecule has 0 spiro atoms. The molecule has 10 heteroatoms. The molecule has 0 saturated heterocycles. The van der Waals surface area contributed by atoms with Gasteiger partial charge in [0, 0.05) is 7.05 Å². The van der Waals surface area contributed by atoms with E-state index in [9.17, 15) is 18.0 Å². The Labute approximate surface area is 122 Å². The number of hydrogen-bond donors (Lipinski definition) is 1. The lowest BCUT2D eigenvalue weighted by molar-refractivity contribution is -0.141. The van der Waals surface area contributed by atoms with Crippen LogP contribution in [0, 0.1) is 0 Å². The molecule has 0 radical (unpaired) electrons. The van der Waals surface area contributed by atoms with Gasteiger partial charge < -0.3 is 9.84 Å². The minimum absolute atomic E-state index is 0.0342. The molecule has 2 rings (SSSR count).